The van der Waals surface area contributed by atoms with Crippen LogP contribution in [0.1, 0.15) is 25.5 Å². The normalized spacial score (nSPS) is 12.2. The SMILES string of the molecule is COc1ccc(C(Nc2ccc(SC)nn2)C(C)C)cc1. The van der Waals surface area contributed by atoms with Crippen LogP contribution in [0.3, 0.4) is 0 Å². The Bertz CT molecular complexity index is 555. The van der Waals surface area contributed by atoms with Gasteiger partial charge in [0, 0.05) is 0 Å². The van der Waals surface area contributed by atoms with Gasteiger partial charge in [0.1, 0.15) is 16.6 Å². The van der Waals surface area contributed by atoms with Crippen molar-refractivity contribution in [3.05, 3.63) is 42.0 Å². The van der Waals surface area contributed by atoms with Gasteiger partial charge < -0.3 is 10.1 Å². The van der Waals surface area contributed by atoms with Crippen molar-refractivity contribution in [2.75, 3.05) is 18.7 Å². The number of rotatable bonds is 6. The van der Waals surface area contributed by atoms with Crippen molar-refractivity contribution in [3.63, 3.8) is 0 Å². The lowest BCUT2D eigenvalue weighted by Gasteiger charge is -2.23. The molecule has 0 aliphatic carbocycles. The number of ether oxygens (including phenoxy) is 1. The Morgan fingerprint density at radius 1 is 1.05 bits per heavy atom. The van der Waals surface area contributed by atoms with Crippen molar-refractivity contribution in [2.24, 2.45) is 5.92 Å². The molecule has 0 amide bonds. The van der Waals surface area contributed by atoms with Crippen molar-refractivity contribution in [1.82, 2.24) is 10.2 Å². The minimum absolute atomic E-state index is 0.185. The minimum Gasteiger partial charge on any atom is -0.497 e. The zero-order chi connectivity index (χ0) is 15.2. The molecule has 0 saturated carbocycles. The second-order valence-electron chi connectivity index (χ2n) is 5.10. The molecule has 0 spiro atoms. The lowest BCUT2D eigenvalue weighted by Crippen LogP contribution is -2.17. The molecular weight excluding hydrogens is 282 g/mol. The maximum absolute atomic E-state index is 5.21. The summed E-state index contributed by atoms with van der Waals surface area (Å²) in [6, 6.07) is 12.3. The van der Waals surface area contributed by atoms with E-state index in [1.54, 1.807) is 18.9 Å². The van der Waals surface area contributed by atoms with E-state index in [2.05, 4.69) is 41.5 Å². The average molecular weight is 303 g/mol. The van der Waals surface area contributed by atoms with Gasteiger partial charge in [0.2, 0.25) is 0 Å². The molecule has 0 saturated heterocycles. The highest BCUT2D eigenvalue weighted by Gasteiger charge is 2.16. The molecule has 112 valence electrons. The van der Waals surface area contributed by atoms with Gasteiger partial charge in [-0.25, -0.2) is 0 Å². The second-order valence-corrected chi connectivity index (χ2v) is 5.93. The summed E-state index contributed by atoms with van der Waals surface area (Å²) in [6.45, 7) is 4.37. The first kappa shape index (κ1) is 15.6. The van der Waals surface area contributed by atoms with Crippen molar-refractivity contribution in [1.29, 1.82) is 0 Å². The van der Waals surface area contributed by atoms with Gasteiger partial charge in [0.25, 0.3) is 0 Å². The van der Waals surface area contributed by atoms with Gasteiger partial charge in [-0.1, -0.05) is 26.0 Å². The number of aromatic nitrogens is 2. The van der Waals surface area contributed by atoms with Gasteiger partial charge in [0.15, 0.2) is 0 Å². The molecule has 1 aromatic carbocycles. The summed E-state index contributed by atoms with van der Waals surface area (Å²) in [7, 11) is 1.68. The van der Waals surface area contributed by atoms with Crippen LogP contribution >= 0.6 is 11.8 Å². The van der Waals surface area contributed by atoms with E-state index in [0.29, 0.717) is 5.92 Å². The first-order chi connectivity index (χ1) is 10.1. The largest absolute Gasteiger partial charge is 0.497 e. The highest BCUT2D eigenvalue weighted by molar-refractivity contribution is 7.98. The standard InChI is InChI=1S/C16H21N3OS/c1-11(2)16(12-5-7-13(20-3)8-6-12)17-14-9-10-15(21-4)19-18-14/h5-11,16H,1-4H3,(H,17,18). The molecule has 21 heavy (non-hydrogen) atoms. The number of benzene rings is 1. The molecule has 1 aromatic heterocycles. The summed E-state index contributed by atoms with van der Waals surface area (Å²) in [6.07, 6.45) is 1.99. The van der Waals surface area contributed by atoms with Gasteiger partial charge in [-0.3, -0.25) is 0 Å². The molecule has 0 bridgehead atoms. The maximum atomic E-state index is 5.21. The molecule has 2 aromatic rings. The van der Waals surface area contributed by atoms with Gasteiger partial charge in [-0.15, -0.1) is 22.0 Å². The first-order valence-corrected chi connectivity index (χ1v) is 8.14. The first-order valence-electron chi connectivity index (χ1n) is 6.92. The Balaban J connectivity index is 2.17. The highest BCUT2D eigenvalue weighted by atomic mass is 32.2. The zero-order valence-corrected chi connectivity index (χ0v) is 13.6. The van der Waals surface area contributed by atoms with Crippen LogP contribution in [0.4, 0.5) is 5.82 Å². The molecule has 0 radical (unpaired) electrons. The molecule has 0 aliphatic heterocycles. The van der Waals surface area contributed by atoms with E-state index in [9.17, 15) is 0 Å². The maximum Gasteiger partial charge on any atom is 0.149 e. The van der Waals surface area contributed by atoms with Crippen molar-refractivity contribution >= 4 is 17.6 Å². The number of nitrogens with zero attached hydrogens (tertiary/aromatic N) is 2. The summed E-state index contributed by atoms with van der Waals surface area (Å²) in [5.74, 6) is 2.09. The summed E-state index contributed by atoms with van der Waals surface area (Å²) < 4.78 is 5.21. The third-order valence-corrected chi connectivity index (χ3v) is 3.93. The second kappa shape index (κ2) is 7.31. The third-order valence-electron chi connectivity index (χ3n) is 3.29. The van der Waals surface area contributed by atoms with Crippen molar-refractivity contribution in [3.8, 4) is 5.75 Å². The molecule has 1 unspecified atom stereocenters. The third kappa shape index (κ3) is 4.11. The number of hydrogen-bond donors (Lipinski definition) is 1. The molecular formula is C16H21N3OS. The van der Waals surface area contributed by atoms with E-state index < -0.39 is 0 Å². The van der Waals surface area contributed by atoms with Crippen LogP contribution in [-0.4, -0.2) is 23.6 Å². The van der Waals surface area contributed by atoms with Crippen LogP contribution in [-0.2, 0) is 0 Å². The van der Waals surface area contributed by atoms with Gasteiger partial charge in [-0.2, -0.15) is 0 Å². The van der Waals surface area contributed by atoms with Gasteiger partial charge in [0.05, 0.1) is 13.2 Å². The smallest absolute Gasteiger partial charge is 0.149 e. The summed E-state index contributed by atoms with van der Waals surface area (Å²) in [5, 5.41) is 12.8. The van der Waals surface area contributed by atoms with Crippen LogP contribution in [0.15, 0.2) is 41.4 Å². The van der Waals surface area contributed by atoms with E-state index in [0.717, 1.165) is 16.6 Å². The predicted octanol–water partition coefficient (Wildman–Crippen LogP) is 4.02. The van der Waals surface area contributed by atoms with Crippen LogP contribution < -0.4 is 10.1 Å². The van der Waals surface area contributed by atoms with Crippen LogP contribution in [0.2, 0.25) is 0 Å². The Morgan fingerprint density at radius 3 is 2.24 bits per heavy atom. The minimum atomic E-state index is 0.185. The van der Waals surface area contributed by atoms with Crippen LogP contribution in [0.5, 0.6) is 5.75 Å². The predicted molar refractivity (Wildman–Crippen MR) is 88.0 cm³/mol. The van der Waals surface area contributed by atoms with Crippen molar-refractivity contribution in [2.45, 2.75) is 24.9 Å². The Morgan fingerprint density at radius 2 is 1.76 bits per heavy atom. The van der Waals surface area contributed by atoms with Gasteiger partial charge >= 0.3 is 0 Å². The number of methoxy groups -OCH3 is 1. The van der Waals surface area contributed by atoms with Crippen molar-refractivity contribution < 1.29 is 4.74 Å². The lowest BCUT2D eigenvalue weighted by atomic mass is 9.96. The van der Waals surface area contributed by atoms with E-state index in [1.165, 1.54) is 5.56 Å². The zero-order valence-electron chi connectivity index (χ0n) is 12.8. The Kier molecular flexibility index (Phi) is 5.44. The molecule has 0 aliphatic rings. The molecule has 4 nitrogen and oxygen atoms in total. The number of nitrogens with one attached hydrogen (secondary N) is 1. The van der Waals surface area contributed by atoms with E-state index in [-0.39, 0.29) is 6.04 Å². The Labute approximate surface area is 130 Å². The topological polar surface area (TPSA) is 47.0 Å². The summed E-state index contributed by atoms with van der Waals surface area (Å²) in [4.78, 5) is 0. The molecule has 1 heterocycles. The molecule has 0 fully saturated rings. The van der Waals surface area contributed by atoms with Gasteiger partial charge in [-0.05, 0) is 42.0 Å². The number of thioether (sulfide) groups is 1. The summed E-state index contributed by atoms with van der Waals surface area (Å²) >= 11 is 1.59. The van der Waals surface area contributed by atoms with Crippen LogP contribution in [0.25, 0.3) is 0 Å². The van der Waals surface area contributed by atoms with Crippen LogP contribution in [0, 0.1) is 5.92 Å². The molecule has 1 N–H and O–H groups in total. The molecule has 2 rings (SSSR count). The lowest BCUT2D eigenvalue weighted by molar-refractivity contribution is 0.414. The number of anilines is 1. The summed E-state index contributed by atoms with van der Waals surface area (Å²) in [5.41, 5.74) is 1.21. The Hall–Kier alpha value is -1.75. The monoisotopic (exact) mass is 303 g/mol. The van der Waals surface area contributed by atoms with E-state index in [4.69, 9.17) is 4.74 Å². The average Bonchev–Trinajstić information content (AvgIpc) is 2.53. The fraction of sp³-hybridized carbons (Fsp3) is 0.375. The molecule has 5 heteroatoms. The molecule has 1 atom stereocenters. The quantitative estimate of drug-likeness (QED) is 0.817. The number of hydrogen-bond acceptors (Lipinski definition) is 5. The fourth-order valence-electron chi connectivity index (χ4n) is 2.11. The fourth-order valence-corrected chi connectivity index (χ4v) is 2.44. The highest BCUT2D eigenvalue weighted by Crippen LogP contribution is 2.27. The van der Waals surface area contributed by atoms with E-state index in [1.807, 2.05) is 30.5 Å². The van der Waals surface area contributed by atoms with E-state index >= 15 is 0 Å².